The molecule has 15 heteroatoms. The minimum atomic E-state index is -1.84. The topological polar surface area (TPSA) is 182 Å². The van der Waals surface area contributed by atoms with Crippen LogP contribution in [0.2, 0.25) is 0 Å². The van der Waals surface area contributed by atoms with Gasteiger partial charge in [0.1, 0.15) is 40.3 Å². The maximum atomic E-state index is 15.6. The van der Waals surface area contributed by atoms with Crippen LogP contribution in [0.3, 0.4) is 0 Å². The van der Waals surface area contributed by atoms with Crippen molar-refractivity contribution in [3.63, 3.8) is 0 Å². The first-order valence-electron chi connectivity index (χ1n) is 22.3. The molecule has 2 aromatic rings. The number of amides is 1. The Morgan fingerprint density at radius 2 is 1.83 bits per heavy atom. The van der Waals surface area contributed by atoms with Gasteiger partial charge in [-0.05, 0) is 83.9 Å². The number of phenolic OH excluding ortho intramolecular Hbond substituents is 1. The number of Topliss-reactive ketones (excluding diaryl/α,β-unsaturated/α-hetero) is 1. The lowest BCUT2D eigenvalue weighted by Crippen LogP contribution is -2.41. The second-order valence-electron chi connectivity index (χ2n) is 18.6. The Bertz CT molecular complexity index is 2640. The van der Waals surface area contributed by atoms with Gasteiger partial charge in [-0.1, -0.05) is 39.0 Å². The van der Waals surface area contributed by atoms with Gasteiger partial charge < -0.3 is 43.7 Å². The second kappa shape index (κ2) is 17.6. The molecule has 0 saturated carbocycles. The van der Waals surface area contributed by atoms with E-state index in [1.807, 2.05) is 18.2 Å². The Labute approximate surface area is 372 Å². The molecule has 0 radical (unpaired) electrons. The number of hydroxylamine groups is 1. The zero-order chi connectivity index (χ0) is 45.8. The van der Waals surface area contributed by atoms with Crippen molar-refractivity contribution < 1.29 is 43.0 Å². The number of aromatic hydroxyl groups is 1. The quantitative estimate of drug-likeness (QED) is 0.100. The number of ketones is 1. The van der Waals surface area contributed by atoms with E-state index in [4.69, 9.17) is 28.4 Å². The van der Waals surface area contributed by atoms with Gasteiger partial charge in [-0.15, -0.1) is 0 Å². The molecule has 6 aliphatic rings. The van der Waals surface area contributed by atoms with Crippen LogP contribution >= 0.6 is 0 Å². The number of benzene rings is 3. The second-order valence-corrected chi connectivity index (χ2v) is 18.6. The van der Waals surface area contributed by atoms with Crippen LogP contribution in [0.5, 0.6) is 17.2 Å². The molecule has 1 aliphatic carbocycles. The van der Waals surface area contributed by atoms with E-state index >= 15 is 4.79 Å². The molecule has 340 valence electrons. The van der Waals surface area contributed by atoms with Gasteiger partial charge in [-0.25, -0.2) is 4.98 Å². The third kappa shape index (κ3) is 8.31. The highest BCUT2D eigenvalue weighted by Gasteiger charge is 2.50. The number of hydrogen-bond acceptors (Lipinski definition) is 14. The number of aromatic nitrogens is 1. The van der Waals surface area contributed by atoms with Crippen LogP contribution in [-0.4, -0.2) is 84.3 Å². The number of fused-ring (bicyclic) bond motifs is 8. The maximum absolute atomic E-state index is 15.6. The van der Waals surface area contributed by atoms with E-state index in [0.717, 1.165) is 32.4 Å². The Kier molecular flexibility index (Phi) is 12.3. The lowest BCUT2D eigenvalue weighted by atomic mass is 9.81. The molecule has 3 unspecified atom stereocenters. The molecule has 6 bridgehead atoms. The summed E-state index contributed by atoms with van der Waals surface area (Å²) in [7, 11) is 4.15. The number of ether oxygens (including phenoxy) is 3. The Balaban J connectivity index is 1.44. The molecule has 0 aromatic heterocycles. The molecule has 1 fully saturated rings. The molecule has 1 amide bonds. The fourth-order valence-corrected chi connectivity index (χ4v) is 9.82. The number of carbonyl (C=O) groups excluding carboxylic acids is 3. The van der Waals surface area contributed by atoms with Crippen molar-refractivity contribution in [2.45, 2.75) is 98.5 Å². The van der Waals surface area contributed by atoms with Crippen LogP contribution in [0.1, 0.15) is 89.6 Å². The number of nitrogens with zero attached hydrogens (tertiary/aromatic N) is 3. The highest BCUT2D eigenvalue weighted by molar-refractivity contribution is 6.22. The van der Waals surface area contributed by atoms with Crippen molar-refractivity contribution in [3.8, 4) is 28.7 Å². The van der Waals surface area contributed by atoms with Crippen molar-refractivity contribution in [3.05, 3.63) is 69.6 Å². The summed E-state index contributed by atoms with van der Waals surface area (Å²) in [6, 6.07) is 3.86. The standard InChI is InChI=1S/C49H59N5O10/c1-25-12-10-13-28(4)48(59)52-42-43(57)38-37(41-46(42)62-36-23-32(22-34(56)40(36)51-41)54-17-15-31(16-18-54)53(8)9)39-45-29(5)44(38)61-35(21-26(2)20-25)33(24-50-64-30(6)55)27(3)14-11-19-60-49(7,63-45)47(39)58/h10-13,19,22-23,25-27,31,33,35,50,56H,14-18,20-21,24H2,1-9H3,(H,52,59)/b12-10+,19-11+,28-13-/t25?,26-,27-,33?,35?,49+/m1/s1. The summed E-state index contributed by atoms with van der Waals surface area (Å²) in [5.74, 6) is -3.62. The minimum absolute atomic E-state index is 0.0197. The molecule has 1 saturated heterocycles. The van der Waals surface area contributed by atoms with Crippen LogP contribution in [0, 0.1) is 30.6 Å². The predicted octanol–water partition coefficient (Wildman–Crippen LogP) is 7.79. The van der Waals surface area contributed by atoms with Gasteiger partial charge in [-0.3, -0.25) is 19.2 Å². The molecule has 3 N–H and O–H groups in total. The molecule has 15 nitrogen and oxygen atoms in total. The molecular formula is C49H59N5O10. The Morgan fingerprint density at radius 3 is 2.55 bits per heavy atom. The number of phenols is 1. The van der Waals surface area contributed by atoms with Gasteiger partial charge in [0.25, 0.3) is 11.7 Å². The highest BCUT2D eigenvalue weighted by Crippen LogP contribution is 2.52. The van der Waals surface area contributed by atoms with E-state index < -0.39 is 35.0 Å². The summed E-state index contributed by atoms with van der Waals surface area (Å²) in [5, 5.41) is 14.7. The first kappa shape index (κ1) is 44.7. The first-order valence-corrected chi connectivity index (χ1v) is 22.3. The van der Waals surface area contributed by atoms with Gasteiger partial charge in [-0.2, -0.15) is 5.48 Å². The molecule has 5 aliphatic heterocycles. The Morgan fingerprint density at radius 1 is 1.08 bits per heavy atom. The maximum Gasteiger partial charge on any atom is 0.321 e. The Hall–Kier alpha value is -5.93. The van der Waals surface area contributed by atoms with E-state index in [1.54, 1.807) is 32.1 Å². The molecule has 0 spiro atoms. The van der Waals surface area contributed by atoms with Gasteiger partial charge in [0, 0.05) is 79.8 Å². The third-order valence-electron chi connectivity index (χ3n) is 13.4. The summed E-state index contributed by atoms with van der Waals surface area (Å²) in [6.45, 7) is 14.3. The van der Waals surface area contributed by atoms with E-state index in [0.29, 0.717) is 35.7 Å². The van der Waals surface area contributed by atoms with E-state index in [9.17, 15) is 19.5 Å². The number of anilines is 2. The summed E-state index contributed by atoms with van der Waals surface area (Å²) >= 11 is 0. The molecule has 6 atom stereocenters. The summed E-state index contributed by atoms with van der Waals surface area (Å²) in [4.78, 5) is 71.2. The zero-order valence-electron chi connectivity index (χ0n) is 38.1. The van der Waals surface area contributed by atoms with Crippen LogP contribution in [0.4, 0.5) is 11.4 Å². The van der Waals surface area contributed by atoms with Crippen molar-refractivity contribution in [2.75, 3.05) is 43.9 Å². The van der Waals surface area contributed by atoms with Gasteiger partial charge in [0.05, 0.1) is 17.2 Å². The fourth-order valence-electron chi connectivity index (χ4n) is 9.82. The number of piperidine rings is 1. The first-order chi connectivity index (χ1) is 30.4. The summed E-state index contributed by atoms with van der Waals surface area (Å²) in [6.07, 6.45) is 12.0. The number of rotatable bonds is 5. The number of allylic oxidation sites excluding steroid dienone is 4. The molecule has 8 rings (SSSR count). The summed E-state index contributed by atoms with van der Waals surface area (Å²) < 4.78 is 26.6. The minimum Gasteiger partial charge on any atom is -0.505 e. The smallest absolute Gasteiger partial charge is 0.321 e. The van der Waals surface area contributed by atoms with Crippen LogP contribution < -0.4 is 30.6 Å². The fraction of sp³-hybridized carbons (Fsp3) is 0.490. The largest absolute Gasteiger partial charge is 0.505 e. The normalized spacial score (nSPS) is 27.4. The molecular weight excluding hydrogens is 819 g/mol. The van der Waals surface area contributed by atoms with E-state index in [-0.39, 0.29) is 92.0 Å². The molecule has 5 heterocycles. The van der Waals surface area contributed by atoms with Crippen LogP contribution in [0.15, 0.2) is 57.5 Å². The lowest BCUT2D eigenvalue weighted by Gasteiger charge is -2.36. The number of nitrogens with one attached hydrogen (secondary N) is 2. The van der Waals surface area contributed by atoms with Crippen molar-refractivity contribution in [2.24, 2.45) is 23.7 Å². The monoisotopic (exact) mass is 877 g/mol. The van der Waals surface area contributed by atoms with Crippen molar-refractivity contribution in [1.29, 1.82) is 0 Å². The zero-order valence-corrected chi connectivity index (χ0v) is 38.1. The average molecular weight is 878 g/mol. The van der Waals surface area contributed by atoms with Crippen LogP contribution in [0.25, 0.3) is 33.3 Å². The van der Waals surface area contributed by atoms with Gasteiger partial charge >= 0.3 is 11.8 Å². The van der Waals surface area contributed by atoms with Gasteiger partial charge in [0.2, 0.25) is 5.43 Å². The van der Waals surface area contributed by atoms with E-state index in [2.05, 4.69) is 55.5 Å². The average Bonchev–Trinajstić information content (AvgIpc) is 3.51. The van der Waals surface area contributed by atoms with Gasteiger partial charge in [0.15, 0.2) is 11.3 Å². The molecule has 64 heavy (non-hydrogen) atoms. The number of hydrogen-bond donors (Lipinski definition) is 3. The van der Waals surface area contributed by atoms with E-state index in [1.165, 1.54) is 20.1 Å². The van der Waals surface area contributed by atoms with Crippen LogP contribution in [-0.2, 0) is 19.2 Å². The molecule has 2 aromatic carbocycles. The lowest BCUT2D eigenvalue weighted by molar-refractivity contribution is -0.149. The van der Waals surface area contributed by atoms with Crippen molar-refractivity contribution >= 4 is 50.9 Å². The SMILES string of the molecule is CC(=O)ONCC1C2C[C@H](C)CC(C)/C=C/C=C(/C)C(=O)Nc3c4oc5cc(N6CCC(N(C)C)CC6)cc(O)c5nc-4c4c5c(c(C)c(c4c3=O)O2)O[C@](C)(O/C=C/C[C@H]1C)C5=O. The predicted molar refractivity (Wildman–Crippen MR) is 244 cm³/mol. The van der Waals surface area contributed by atoms with Crippen molar-refractivity contribution in [1.82, 2.24) is 15.4 Å². The highest BCUT2D eigenvalue weighted by atomic mass is 16.7. The summed E-state index contributed by atoms with van der Waals surface area (Å²) in [5.41, 5.74) is 3.73. The number of carbonyl (C=O) groups is 3. The third-order valence-corrected chi connectivity index (χ3v) is 13.4.